The number of nitrogens with one attached hydrogen (secondary N) is 1. The maximum atomic E-state index is 12.6. The van der Waals surface area contributed by atoms with Crippen LogP contribution in [0.5, 0.6) is 0 Å². The highest BCUT2D eigenvalue weighted by Crippen LogP contribution is 2.27. The summed E-state index contributed by atoms with van der Waals surface area (Å²) in [5.41, 5.74) is 4.84. The zero-order chi connectivity index (χ0) is 25.1. The number of oxazole rings is 1. The number of hydrogen-bond donors (Lipinski definition) is 2. The molecule has 4 rings (SSSR count). The Balaban J connectivity index is 1.45. The first-order chi connectivity index (χ1) is 16.8. The molecular weight excluding hydrogens is 452 g/mol. The number of ether oxygens (including phenoxy) is 1. The van der Waals surface area contributed by atoms with Crippen LogP contribution in [0.25, 0.3) is 22.2 Å². The van der Waals surface area contributed by atoms with Crippen LogP contribution in [0.4, 0.5) is 4.79 Å². The molecule has 1 saturated heterocycles. The first-order valence-electron chi connectivity index (χ1n) is 11.3. The van der Waals surface area contributed by atoms with Gasteiger partial charge in [-0.05, 0) is 47.7 Å². The SMILES string of the molecule is Cc1cc(-c2ccc(CC(C#N)NC(=O)[C@@H]3CN(C(=O)O)CCCO3)cc2)cc2c1oc(=O)n2C. The second-order valence-corrected chi connectivity index (χ2v) is 8.60. The van der Waals surface area contributed by atoms with Gasteiger partial charge in [0.2, 0.25) is 0 Å². The van der Waals surface area contributed by atoms with E-state index in [0.717, 1.165) is 27.2 Å². The topological polar surface area (TPSA) is 138 Å². The van der Waals surface area contributed by atoms with Gasteiger partial charge in [-0.1, -0.05) is 24.3 Å². The number of carboxylic acid groups (broad SMARTS) is 1. The number of aromatic nitrogens is 1. The van der Waals surface area contributed by atoms with E-state index in [1.54, 1.807) is 7.05 Å². The van der Waals surface area contributed by atoms with Crippen molar-refractivity contribution >= 4 is 23.1 Å². The van der Waals surface area contributed by atoms with Crippen LogP contribution < -0.4 is 11.1 Å². The minimum absolute atomic E-state index is 0.0694. The smallest absolute Gasteiger partial charge is 0.419 e. The normalized spacial score (nSPS) is 16.9. The standard InChI is InChI=1S/C25H26N4O6/c1-15-10-18(12-20-22(15)35-25(33)28(20)2)17-6-4-16(5-7-17)11-19(13-26)27-23(30)21-14-29(24(31)32)8-3-9-34-21/h4-7,10,12,19,21H,3,8-9,11,14H2,1-2H3,(H,27,30)(H,31,32)/t19?,21-/m0/s1. The van der Waals surface area contributed by atoms with Crippen molar-refractivity contribution in [2.24, 2.45) is 7.05 Å². The van der Waals surface area contributed by atoms with Gasteiger partial charge in [0.15, 0.2) is 11.7 Å². The molecule has 10 heteroatoms. The van der Waals surface area contributed by atoms with E-state index in [2.05, 4.69) is 11.4 Å². The van der Waals surface area contributed by atoms with Crippen LogP contribution in [0.1, 0.15) is 17.5 Å². The van der Waals surface area contributed by atoms with Crippen molar-refractivity contribution in [3.05, 3.63) is 58.1 Å². The summed E-state index contributed by atoms with van der Waals surface area (Å²) in [6.45, 7) is 2.40. The summed E-state index contributed by atoms with van der Waals surface area (Å²) >= 11 is 0. The van der Waals surface area contributed by atoms with E-state index < -0.39 is 29.9 Å². The zero-order valence-corrected chi connectivity index (χ0v) is 19.5. The van der Waals surface area contributed by atoms with Gasteiger partial charge < -0.3 is 24.5 Å². The first kappa shape index (κ1) is 24.0. The Morgan fingerprint density at radius 2 is 2.00 bits per heavy atom. The molecule has 0 radical (unpaired) electrons. The largest absolute Gasteiger partial charge is 0.465 e. The molecular formula is C25H26N4O6. The summed E-state index contributed by atoms with van der Waals surface area (Å²) < 4.78 is 12.3. The average Bonchev–Trinajstić information content (AvgIpc) is 3.01. The van der Waals surface area contributed by atoms with E-state index in [9.17, 15) is 24.8 Å². The van der Waals surface area contributed by atoms with Gasteiger partial charge in [-0.3, -0.25) is 9.36 Å². The van der Waals surface area contributed by atoms with Crippen LogP contribution >= 0.6 is 0 Å². The lowest BCUT2D eigenvalue weighted by Gasteiger charge is -2.22. The fourth-order valence-electron chi connectivity index (χ4n) is 4.18. The lowest BCUT2D eigenvalue weighted by atomic mass is 9.99. The second-order valence-electron chi connectivity index (χ2n) is 8.60. The molecule has 1 aromatic heterocycles. The number of carbonyl (C=O) groups is 2. The Labute approximate surface area is 201 Å². The van der Waals surface area contributed by atoms with E-state index in [0.29, 0.717) is 24.1 Å². The molecule has 35 heavy (non-hydrogen) atoms. The Hall–Kier alpha value is -4.10. The van der Waals surface area contributed by atoms with Gasteiger partial charge in [-0.15, -0.1) is 0 Å². The van der Waals surface area contributed by atoms with Crippen LogP contribution in [-0.4, -0.2) is 58.4 Å². The summed E-state index contributed by atoms with van der Waals surface area (Å²) in [5, 5.41) is 21.5. The van der Waals surface area contributed by atoms with E-state index in [1.807, 2.05) is 43.3 Å². The molecule has 182 valence electrons. The quantitative estimate of drug-likeness (QED) is 0.574. The number of nitriles is 1. The van der Waals surface area contributed by atoms with Gasteiger partial charge in [-0.2, -0.15) is 5.26 Å². The number of aryl methyl sites for hydroxylation is 2. The van der Waals surface area contributed by atoms with E-state index >= 15 is 0 Å². The predicted octanol–water partition coefficient (Wildman–Crippen LogP) is 2.43. The van der Waals surface area contributed by atoms with Crippen molar-refractivity contribution in [1.29, 1.82) is 5.26 Å². The van der Waals surface area contributed by atoms with Crippen molar-refractivity contribution < 1.29 is 23.8 Å². The average molecular weight is 479 g/mol. The van der Waals surface area contributed by atoms with Crippen molar-refractivity contribution in [3.8, 4) is 17.2 Å². The van der Waals surface area contributed by atoms with Crippen LogP contribution in [0.3, 0.4) is 0 Å². The Bertz CT molecular complexity index is 1350. The van der Waals surface area contributed by atoms with Gasteiger partial charge in [0, 0.05) is 26.6 Å². The predicted molar refractivity (Wildman–Crippen MR) is 127 cm³/mol. The van der Waals surface area contributed by atoms with Gasteiger partial charge in [0.25, 0.3) is 5.91 Å². The van der Waals surface area contributed by atoms with Crippen molar-refractivity contribution in [3.63, 3.8) is 0 Å². The number of amides is 2. The van der Waals surface area contributed by atoms with Gasteiger partial charge in [0.05, 0.1) is 18.1 Å². The molecule has 2 heterocycles. The van der Waals surface area contributed by atoms with Gasteiger partial charge in [0.1, 0.15) is 6.04 Å². The molecule has 1 unspecified atom stereocenters. The summed E-state index contributed by atoms with van der Waals surface area (Å²) in [6.07, 6.45) is -1.27. The molecule has 0 spiro atoms. The molecule has 2 N–H and O–H groups in total. The number of fused-ring (bicyclic) bond motifs is 1. The number of benzene rings is 2. The van der Waals surface area contributed by atoms with Crippen LogP contribution in [0, 0.1) is 18.3 Å². The fourth-order valence-corrected chi connectivity index (χ4v) is 4.18. The maximum absolute atomic E-state index is 12.6. The molecule has 0 bridgehead atoms. The third kappa shape index (κ3) is 5.20. The van der Waals surface area contributed by atoms with Gasteiger partial charge in [-0.25, -0.2) is 9.59 Å². The summed E-state index contributed by atoms with van der Waals surface area (Å²) in [7, 11) is 1.66. The van der Waals surface area contributed by atoms with Crippen LogP contribution in [0.2, 0.25) is 0 Å². The van der Waals surface area contributed by atoms with Crippen LogP contribution in [0.15, 0.2) is 45.6 Å². The second kappa shape index (κ2) is 10.0. The highest BCUT2D eigenvalue weighted by Gasteiger charge is 2.29. The number of nitrogens with zero attached hydrogens (tertiary/aromatic N) is 3. The summed E-state index contributed by atoms with van der Waals surface area (Å²) in [4.78, 5) is 36.9. The number of rotatable bonds is 5. The lowest BCUT2D eigenvalue weighted by molar-refractivity contribution is -0.133. The maximum Gasteiger partial charge on any atom is 0.419 e. The van der Waals surface area contributed by atoms with E-state index in [-0.39, 0.29) is 19.6 Å². The molecule has 2 atom stereocenters. The monoisotopic (exact) mass is 478 g/mol. The molecule has 2 amide bonds. The molecule has 3 aromatic rings. The number of hydrogen-bond acceptors (Lipinski definition) is 6. The molecule has 1 fully saturated rings. The molecule has 0 saturated carbocycles. The summed E-state index contributed by atoms with van der Waals surface area (Å²) in [6, 6.07) is 12.8. The minimum Gasteiger partial charge on any atom is -0.465 e. The highest BCUT2D eigenvalue weighted by molar-refractivity contribution is 5.84. The third-order valence-corrected chi connectivity index (χ3v) is 6.12. The third-order valence-electron chi connectivity index (χ3n) is 6.12. The Morgan fingerprint density at radius 3 is 2.69 bits per heavy atom. The Kier molecular flexibility index (Phi) is 6.89. The summed E-state index contributed by atoms with van der Waals surface area (Å²) in [5.74, 6) is -0.916. The Morgan fingerprint density at radius 1 is 1.26 bits per heavy atom. The van der Waals surface area contributed by atoms with Gasteiger partial charge >= 0.3 is 11.8 Å². The highest BCUT2D eigenvalue weighted by atomic mass is 16.5. The number of carbonyl (C=O) groups excluding carboxylic acids is 1. The van der Waals surface area contributed by atoms with Crippen molar-refractivity contribution in [1.82, 2.24) is 14.8 Å². The molecule has 1 aliphatic rings. The van der Waals surface area contributed by atoms with Crippen LogP contribution in [-0.2, 0) is 23.0 Å². The van der Waals surface area contributed by atoms with Crippen molar-refractivity contribution in [2.75, 3.05) is 19.7 Å². The van der Waals surface area contributed by atoms with E-state index in [1.165, 1.54) is 4.57 Å². The van der Waals surface area contributed by atoms with E-state index in [4.69, 9.17) is 9.15 Å². The van der Waals surface area contributed by atoms with Crippen molar-refractivity contribution in [2.45, 2.75) is 31.9 Å². The lowest BCUT2D eigenvalue weighted by Crippen LogP contribution is -2.47. The molecule has 1 aliphatic heterocycles. The fraction of sp³-hybridized carbons (Fsp3) is 0.360. The zero-order valence-electron chi connectivity index (χ0n) is 19.5. The minimum atomic E-state index is -1.10. The molecule has 2 aromatic carbocycles. The first-order valence-corrected chi connectivity index (χ1v) is 11.3. The molecule has 10 nitrogen and oxygen atoms in total. The molecule has 0 aliphatic carbocycles.